The maximum atomic E-state index is 13.2. The molecule has 4 rings (SSSR count). The Labute approximate surface area is 191 Å². The van der Waals surface area contributed by atoms with E-state index in [9.17, 15) is 14.0 Å². The monoisotopic (exact) mass is 457 g/mol. The van der Waals surface area contributed by atoms with Crippen molar-refractivity contribution in [3.63, 3.8) is 0 Å². The lowest BCUT2D eigenvalue weighted by atomic mass is 9.94. The van der Waals surface area contributed by atoms with Crippen molar-refractivity contribution in [1.82, 2.24) is 15.1 Å². The van der Waals surface area contributed by atoms with Gasteiger partial charge in [0.2, 0.25) is 11.8 Å². The van der Waals surface area contributed by atoms with Gasteiger partial charge in [0.05, 0.1) is 5.75 Å². The number of hydrogen-bond donors (Lipinski definition) is 1. The van der Waals surface area contributed by atoms with Crippen molar-refractivity contribution in [3.05, 3.63) is 42.2 Å². The highest BCUT2D eigenvalue weighted by Crippen LogP contribution is 2.25. The fourth-order valence-electron chi connectivity index (χ4n) is 4.19. The Bertz CT molecular complexity index is 928. The van der Waals surface area contributed by atoms with E-state index in [1.54, 1.807) is 12.1 Å². The van der Waals surface area contributed by atoms with Gasteiger partial charge in [-0.1, -0.05) is 17.8 Å². The molecule has 0 bridgehead atoms. The van der Waals surface area contributed by atoms with Crippen LogP contribution >= 0.6 is 11.8 Å². The number of likely N-dealkylation sites (tertiary alicyclic amines) is 1. The lowest BCUT2D eigenvalue weighted by molar-refractivity contribution is -0.137. The van der Waals surface area contributed by atoms with E-state index in [2.05, 4.69) is 20.4 Å². The SMILES string of the molecule is O=C(CSc1ccc(N2CCC(C(=O)N3CCCCC3)CC2)nn1)Nc1cccc(F)c1. The van der Waals surface area contributed by atoms with Crippen LogP contribution in [0.3, 0.4) is 0 Å². The molecule has 0 spiro atoms. The molecule has 9 heteroatoms. The van der Waals surface area contributed by atoms with Gasteiger partial charge in [0, 0.05) is 37.8 Å². The minimum atomic E-state index is -0.392. The van der Waals surface area contributed by atoms with Crippen molar-refractivity contribution in [2.45, 2.75) is 37.1 Å². The van der Waals surface area contributed by atoms with E-state index >= 15 is 0 Å². The quantitative estimate of drug-likeness (QED) is 0.668. The maximum absolute atomic E-state index is 13.2. The fourth-order valence-corrected chi connectivity index (χ4v) is 4.80. The minimum Gasteiger partial charge on any atom is -0.355 e. The Kier molecular flexibility index (Phi) is 7.57. The van der Waals surface area contributed by atoms with E-state index in [1.165, 1.54) is 30.3 Å². The van der Waals surface area contributed by atoms with Crippen LogP contribution in [0, 0.1) is 11.7 Å². The van der Waals surface area contributed by atoms with Gasteiger partial charge in [-0.3, -0.25) is 9.59 Å². The van der Waals surface area contributed by atoms with Gasteiger partial charge in [0.25, 0.3) is 0 Å². The molecule has 170 valence electrons. The lowest BCUT2D eigenvalue weighted by Crippen LogP contribution is -2.44. The summed E-state index contributed by atoms with van der Waals surface area (Å²) in [5.41, 5.74) is 0.430. The average molecular weight is 458 g/mol. The van der Waals surface area contributed by atoms with Gasteiger partial charge in [-0.15, -0.1) is 10.2 Å². The van der Waals surface area contributed by atoms with Gasteiger partial charge in [-0.2, -0.15) is 0 Å². The lowest BCUT2D eigenvalue weighted by Gasteiger charge is -2.35. The van der Waals surface area contributed by atoms with Gasteiger partial charge < -0.3 is 15.1 Å². The molecule has 2 aliphatic rings. The Morgan fingerprint density at radius 2 is 1.81 bits per heavy atom. The normalized spacial score (nSPS) is 17.3. The summed E-state index contributed by atoms with van der Waals surface area (Å²) >= 11 is 1.28. The largest absolute Gasteiger partial charge is 0.355 e. The molecule has 1 N–H and O–H groups in total. The number of nitrogens with one attached hydrogen (secondary N) is 1. The van der Waals surface area contributed by atoms with Crippen LogP contribution in [0.25, 0.3) is 0 Å². The molecule has 2 aliphatic heterocycles. The Hall–Kier alpha value is -2.68. The maximum Gasteiger partial charge on any atom is 0.234 e. The summed E-state index contributed by atoms with van der Waals surface area (Å²) in [4.78, 5) is 29.0. The van der Waals surface area contributed by atoms with Crippen LogP contribution < -0.4 is 10.2 Å². The van der Waals surface area contributed by atoms with Crippen molar-refractivity contribution in [3.8, 4) is 0 Å². The molecule has 7 nitrogen and oxygen atoms in total. The van der Waals surface area contributed by atoms with Gasteiger partial charge >= 0.3 is 0 Å². The molecule has 2 fully saturated rings. The Morgan fingerprint density at radius 3 is 2.50 bits per heavy atom. The van der Waals surface area contributed by atoms with Gasteiger partial charge in [0.1, 0.15) is 10.8 Å². The molecule has 0 saturated carbocycles. The number of rotatable bonds is 6. The molecule has 1 aromatic carbocycles. The van der Waals surface area contributed by atoms with Gasteiger partial charge in [0.15, 0.2) is 5.82 Å². The number of aromatic nitrogens is 2. The third kappa shape index (κ3) is 5.97. The van der Waals surface area contributed by atoms with Crippen LogP contribution in [0.1, 0.15) is 32.1 Å². The highest BCUT2D eigenvalue weighted by Gasteiger charge is 2.29. The van der Waals surface area contributed by atoms with Crippen molar-refractivity contribution in [1.29, 1.82) is 0 Å². The van der Waals surface area contributed by atoms with Crippen LogP contribution in [0.15, 0.2) is 41.4 Å². The number of nitrogens with zero attached hydrogens (tertiary/aromatic N) is 4. The summed E-state index contributed by atoms with van der Waals surface area (Å²) in [5, 5.41) is 11.9. The summed E-state index contributed by atoms with van der Waals surface area (Å²) in [5.74, 6) is 0.766. The summed E-state index contributed by atoms with van der Waals surface area (Å²) in [6.45, 7) is 3.40. The topological polar surface area (TPSA) is 78.4 Å². The Morgan fingerprint density at radius 1 is 1.03 bits per heavy atom. The third-order valence-corrected chi connectivity index (χ3v) is 6.84. The second-order valence-electron chi connectivity index (χ2n) is 8.22. The number of anilines is 2. The molecular formula is C23H28FN5O2S. The van der Waals surface area contributed by atoms with E-state index in [1.807, 2.05) is 17.0 Å². The molecule has 0 radical (unpaired) electrons. The molecular weight excluding hydrogens is 429 g/mol. The second-order valence-corrected chi connectivity index (χ2v) is 9.22. The summed E-state index contributed by atoms with van der Waals surface area (Å²) < 4.78 is 13.2. The van der Waals surface area contributed by atoms with Crippen LogP contribution in [-0.4, -0.2) is 58.8 Å². The number of piperidine rings is 2. The number of hydrogen-bond acceptors (Lipinski definition) is 6. The predicted molar refractivity (Wildman–Crippen MR) is 123 cm³/mol. The first kappa shape index (κ1) is 22.5. The first-order valence-corrected chi connectivity index (χ1v) is 12.1. The Balaban J connectivity index is 1.22. The summed E-state index contributed by atoms with van der Waals surface area (Å²) in [6.07, 6.45) is 5.16. The zero-order valence-electron chi connectivity index (χ0n) is 18.0. The third-order valence-electron chi connectivity index (χ3n) is 5.92. The highest BCUT2D eigenvalue weighted by molar-refractivity contribution is 7.99. The minimum absolute atomic E-state index is 0.115. The van der Waals surface area contributed by atoms with Gasteiger partial charge in [-0.25, -0.2) is 4.39 Å². The molecule has 0 unspecified atom stereocenters. The number of thioether (sulfide) groups is 1. The average Bonchev–Trinajstić information content (AvgIpc) is 2.83. The fraction of sp³-hybridized carbons (Fsp3) is 0.478. The molecule has 1 aromatic heterocycles. The van der Waals surface area contributed by atoms with E-state index in [0.29, 0.717) is 16.6 Å². The molecule has 2 amide bonds. The molecule has 2 saturated heterocycles. The predicted octanol–water partition coefficient (Wildman–Crippen LogP) is 3.58. The first-order chi connectivity index (χ1) is 15.6. The smallest absolute Gasteiger partial charge is 0.234 e. The molecule has 2 aromatic rings. The van der Waals surface area contributed by atoms with Crippen molar-refractivity contribution >= 4 is 35.1 Å². The van der Waals surface area contributed by atoms with Crippen LogP contribution in [0.2, 0.25) is 0 Å². The van der Waals surface area contributed by atoms with Gasteiger partial charge in [-0.05, 0) is 62.4 Å². The first-order valence-electron chi connectivity index (χ1n) is 11.1. The van der Waals surface area contributed by atoms with Crippen LogP contribution in [0.5, 0.6) is 0 Å². The van der Waals surface area contributed by atoms with E-state index in [0.717, 1.165) is 57.7 Å². The molecule has 0 atom stereocenters. The van der Waals surface area contributed by atoms with Crippen LogP contribution in [0.4, 0.5) is 15.9 Å². The van der Waals surface area contributed by atoms with Crippen molar-refractivity contribution in [2.75, 3.05) is 42.1 Å². The van der Waals surface area contributed by atoms with Crippen LogP contribution in [-0.2, 0) is 9.59 Å². The number of carbonyl (C=O) groups is 2. The summed E-state index contributed by atoms with van der Waals surface area (Å²) in [7, 11) is 0. The second kappa shape index (κ2) is 10.8. The number of halogens is 1. The van der Waals surface area contributed by atoms with Crippen molar-refractivity contribution < 1.29 is 14.0 Å². The number of amides is 2. The summed E-state index contributed by atoms with van der Waals surface area (Å²) in [6, 6.07) is 9.56. The molecule has 32 heavy (non-hydrogen) atoms. The zero-order valence-corrected chi connectivity index (χ0v) is 18.8. The van der Waals surface area contributed by atoms with E-state index in [4.69, 9.17) is 0 Å². The van der Waals surface area contributed by atoms with E-state index < -0.39 is 5.82 Å². The molecule has 3 heterocycles. The number of benzene rings is 1. The standard InChI is InChI=1S/C23H28FN5O2S/c24-18-5-4-6-19(15-18)25-21(30)16-32-22-8-7-20(26-27-22)28-13-9-17(10-14-28)23(31)29-11-2-1-3-12-29/h4-8,15,17H,1-3,9-14,16H2,(H,25,30). The van der Waals surface area contributed by atoms with Crippen molar-refractivity contribution in [2.24, 2.45) is 5.92 Å². The number of carbonyl (C=O) groups excluding carboxylic acids is 2. The van der Waals surface area contributed by atoms with E-state index in [-0.39, 0.29) is 17.6 Å². The highest BCUT2D eigenvalue weighted by atomic mass is 32.2. The zero-order chi connectivity index (χ0) is 22.3. The molecule has 0 aliphatic carbocycles.